The number of hydrogen-bond donors (Lipinski definition) is 1. The van der Waals surface area contributed by atoms with Crippen molar-refractivity contribution in [1.82, 2.24) is 5.43 Å². The van der Waals surface area contributed by atoms with Gasteiger partial charge in [0.15, 0.2) is 0 Å². The number of rotatable bonds is 6. The van der Waals surface area contributed by atoms with Crippen LogP contribution in [0.4, 0.5) is 0 Å². The molecule has 0 radical (unpaired) electrons. The maximum absolute atomic E-state index is 12.0. The van der Waals surface area contributed by atoms with Crippen LogP contribution in [0.1, 0.15) is 18.1 Å². The number of hydrogen-bond acceptors (Lipinski definition) is 3. The number of carbonyl (C=O) groups is 1. The van der Waals surface area contributed by atoms with Gasteiger partial charge in [0, 0.05) is 10.2 Å². The number of hydrazone groups is 1. The molecule has 0 bridgehead atoms. The van der Waals surface area contributed by atoms with Crippen LogP contribution in [-0.4, -0.2) is 17.4 Å². The average Bonchev–Trinajstić information content (AvgIpc) is 2.53. The third kappa shape index (κ3) is 5.66. The van der Waals surface area contributed by atoms with E-state index in [1.54, 1.807) is 18.0 Å². The van der Waals surface area contributed by atoms with Crippen LogP contribution >= 0.6 is 27.7 Å². The third-order valence-corrected chi connectivity index (χ3v) is 4.66. The number of benzene rings is 2. The van der Waals surface area contributed by atoms with Gasteiger partial charge in [0.25, 0.3) is 5.91 Å². The van der Waals surface area contributed by atoms with Crippen molar-refractivity contribution in [1.29, 1.82) is 0 Å². The van der Waals surface area contributed by atoms with Crippen LogP contribution in [0, 0.1) is 0 Å². The average molecular weight is 377 g/mol. The monoisotopic (exact) mass is 376 g/mol. The predicted octanol–water partition coefficient (Wildman–Crippen LogP) is 4.22. The van der Waals surface area contributed by atoms with Gasteiger partial charge < -0.3 is 0 Å². The molecule has 0 fully saturated rings. The molecule has 2 aromatic rings. The molecule has 1 N–H and O–H groups in total. The predicted molar refractivity (Wildman–Crippen MR) is 97.1 cm³/mol. The van der Waals surface area contributed by atoms with E-state index in [0.717, 1.165) is 15.8 Å². The highest BCUT2D eigenvalue weighted by Gasteiger charge is 2.12. The zero-order valence-electron chi connectivity index (χ0n) is 12.2. The topological polar surface area (TPSA) is 41.5 Å². The molecule has 114 valence electrons. The molecular weight excluding hydrogens is 360 g/mol. The fraction of sp³-hybridized carbons (Fsp3) is 0.176. The lowest BCUT2D eigenvalue weighted by Gasteiger charge is -2.09. The molecule has 0 spiro atoms. The van der Waals surface area contributed by atoms with E-state index < -0.39 is 0 Å². The van der Waals surface area contributed by atoms with Gasteiger partial charge in [-0.25, -0.2) is 5.43 Å². The number of nitrogens with zero attached hydrogens (tertiary/aromatic N) is 1. The van der Waals surface area contributed by atoms with Crippen LogP contribution in [-0.2, 0) is 10.5 Å². The molecule has 1 atom stereocenters. The molecule has 0 saturated heterocycles. The highest BCUT2D eigenvalue weighted by atomic mass is 79.9. The normalized spacial score (nSPS) is 12.3. The molecule has 0 aliphatic heterocycles. The molecule has 22 heavy (non-hydrogen) atoms. The first-order chi connectivity index (χ1) is 10.6. The van der Waals surface area contributed by atoms with Crippen molar-refractivity contribution in [3.63, 3.8) is 0 Å². The van der Waals surface area contributed by atoms with Crippen LogP contribution in [0.5, 0.6) is 0 Å². The van der Waals surface area contributed by atoms with Crippen molar-refractivity contribution in [2.45, 2.75) is 17.9 Å². The molecule has 0 saturated carbocycles. The standard InChI is InChI=1S/C17H17BrN2OS/c1-13(22-12-14-6-3-2-4-7-14)17(21)20-19-11-15-8-5-9-16(18)10-15/h2-11,13H,12H2,1H3,(H,20,21)/b19-11+. The molecule has 2 rings (SSSR count). The van der Waals surface area contributed by atoms with E-state index in [9.17, 15) is 4.79 Å². The lowest BCUT2D eigenvalue weighted by atomic mass is 10.2. The van der Waals surface area contributed by atoms with Gasteiger partial charge >= 0.3 is 0 Å². The Bertz CT molecular complexity index is 646. The summed E-state index contributed by atoms with van der Waals surface area (Å²) in [7, 11) is 0. The van der Waals surface area contributed by atoms with Gasteiger partial charge in [-0.15, -0.1) is 11.8 Å². The largest absolute Gasteiger partial charge is 0.272 e. The number of amides is 1. The van der Waals surface area contributed by atoms with Crippen LogP contribution in [0.15, 0.2) is 64.2 Å². The quantitative estimate of drug-likeness (QED) is 0.605. The van der Waals surface area contributed by atoms with Crippen molar-refractivity contribution < 1.29 is 4.79 Å². The third-order valence-electron chi connectivity index (χ3n) is 2.95. The number of thioether (sulfide) groups is 1. The first kappa shape index (κ1) is 16.8. The number of halogens is 1. The summed E-state index contributed by atoms with van der Waals surface area (Å²) < 4.78 is 0.981. The van der Waals surface area contributed by atoms with E-state index in [1.165, 1.54) is 5.56 Å². The Morgan fingerprint density at radius 1 is 1.27 bits per heavy atom. The van der Waals surface area contributed by atoms with Gasteiger partial charge in [0.1, 0.15) is 0 Å². The summed E-state index contributed by atoms with van der Waals surface area (Å²) in [5.74, 6) is 0.720. The zero-order valence-corrected chi connectivity index (χ0v) is 14.6. The minimum atomic E-state index is -0.153. The van der Waals surface area contributed by atoms with Crippen molar-refractivity contribution in [2.75, 3.05) is 0 Å². The van der Waals surface area contributed by atoms with Gasteiger partial charge in [-0.2, -0.15) is 5.10 Å². The van der Waals surface area contributed by atoms with Gasteiger partial charge in [0.05, 0.1) is 11.5 Å². The second kappa shape index (κ2) is 8.76. The molecule has 0 aromatic heterocycles. The number of carbonyl (C=O) groups excluding carboxylic acids is 1. The maximum Gasteiger partial charge on any atom is 0.252 e. The van der Waals surface area contributed by atoms with Crippen molar-refractivity contribution >= 4 is 39.8 Å². The summed E-state index contributed by atoms with van der Waals surface area (Å²) in [6.07, 6.45) is 1.64. The highest BCUT2D eigenvalue weighted by Crippen LogP contribution is 2.17. The van der Waals surface area contributed by atoms with Crippen molar-refractivity contribution in [2.24, 2.45) is 5.10 Å². The summed E-state index contributed by atoms with van der Waals surface area (Å²) in [5, 5.41) is 3.85. The summed E-state index contributed by atoms with van der Waals surface area (Å²) in [6, 6.07) is 17.8. The Labute approximate surface area is 143 Å². The fourth-order valence-corrected chi connectivity index (χ4v) is 2.98. The molecular formula is C17H17BrN2OS. The summed E-state index contributed by atoms with van der Waals surface area (Å²) in [5.41, 5.74) is 4.72. The Balaban J connectivity index is 1.79. The van der Waals surface area contributed by atoms with E-state index in [1.807, 2.05) is 49.4 Å². The number of nitrogens with one attached hydrogen (secondary N) is 1. The Hall–Kier alpha value is -1.59. The molecule has 5 heteroatoms. The van der Waals surface area contributed by atoms with Crippen LogP contribution < -0.4 is 5.43 Å². The van der Waals surface area contributed by atoms with Crippen molar-refractivity contribution in [3.05, 3.63) is 70.2 Å². The second-order valence-corrected chi connectivity index (χ2v) is 6.97. The Kier molecular flexibility index (Phi) is 6.68. The van der Waals surface area contributed by atoms with Crippen LogP contribution in [0.25, 0.3) is 0 Å². The molecule has 0 heterocycles. The van der Waals surface area contributed by atoms with Crippen molar-refractivity contribution in [3.8, 4) is 0 Å². The van der Waals surface area contributed by atoms with E-state index in [0.29, 0.717) is 0 Å². The van der Waals surface area contributed by atoms with E-state index in [-0.39, 0.29) is 11.2 Å². The second-order valence-electron chi connectivity index (χ2n) is 4.73. The van der Waals surface area contributed by atoms with Gasteiger partial charge in [-0.1, -0.05) is 58.4 Å². The van der Waals surface area contributed by atoms with E-state index in [4.69, 9.17) is 0 Å². The molecule has 1 amide bonds. The van der Waals surface area contributed by atoms with Gasteiger partial charge in [-0.3, -0.25) is 4.79 Å². The van der Waals surface area contributed by atoms with E-state index in [2.05, 4.69) is 38.6 Å². The minimum Gasteiger partial charge on any atom is -0.272 e. The lowest BCUT2D eigenvalue weighted by Crippen LogP contribution is -2.26. The molecule has 2 aromatic carbocycles. The molecule has 0 aliphatic rings. The summed E-state index contributed by atoms with van der Waals surface area (Å²) in [4.78, 5) is 12.0. The lowest BCUT2D eigenvalue weighted by molar-refractivity contribution is -0.120. The Morgan fingerprint density at radius 3 is 2.77 bits per heavy atom. The molecule has 3 nitrogen and oxygen atoms in total. The van der Waals surface area contributed by atoms with Crippen LogP contribution in [0.3, 0.4) is 0 Å². The van der Waals surface area contributed by atoms with E-state index >= 15 is 0 Å². The first-order valence-corrected chi connectivity index (χ1v) is 8.73. The first-order valence-electron chi connectivity index (χ1n) is 6.89. The Morgan fingerprint density at radius 2 is 2.05 bits per heavy atom. The fourth-order valence-electron chi connectivity index (χ4n) is 1.72. The summed E-state index contributed by atoms with van der Waals surface area (Å²) in [6.45, 7) is 1.89. The van der Waals surface area contributed by atoms with Gasteiger partial charge in [0.2, 0.25) is 0 Å². The molecule has 1 unspecified atom stereocenters. The smallest absolute Gasteiger partial charge is 0.252 e. The highest BCUT2D eigenvalue weighted by molar-refractivity contribution is 9.10. The SMILES string of the molecule is CC(SCc1ccccc1)C(=O)N/N=C/c1cccc(Br)c1. The van der Waals surface area contributed by atoms with Gasteiger partial charge in [-0.05, 0) is 30.2 Å². The molecule has 0 aliphatic carbocycles. The van der Waals surface area contributed by atoms with Crippen LogP contribution in [0.2, 0.25) is 0 Å². The minimum absolute atomic E-state index is 0.0906. The maximum atomic E-state index is 12.0. The zero-order chi connectivity index (χ0) is 15.8. The summed E-state index contributed by atoms with van der Waals surface area (Å²) >= 11 is 4.99.